The average molecular weight is 338 g/mol. The van der Waals surface area contributed by atoms with Gasteiger partial charge in [-0.1, -0.05) is 29.8 Å². The summed E-state index contributed by atoms with van der Waals surface area (Å²) in [4.78, 5) is 25.4. The monoisotopic (exact) mass is 338 g/mol. The van der Waals surface area contributed by atoms with Gasteiger partial charge in [0.2, 0.25) is 11.8 Å². The van der Waals surface area contributed by atoms with Crippen LogP contribution in [0, 0.1) is 6.92 Å². The van der Waals surface area contributed by atoms with Gasteiger partial charge >= 0.3 is 0 Å². The zero-order valence-electron chi connectivity index (χ0n) is 13.4. The molecule has 0 aromatic heterocycles. The summed E-state index contributed by atoms with van der Waals surface area (Å²) in [6.45, 7) is 1.84. The number of sulfone groups is 1. The van der Waals surface area contributed by atoms with Crippen molar-refractivity contribution in [3.05, 3.63) is 35.4 Å². The second kappa shape index (κ2) is 7.12. The van der Waals surface area contributed by atoms with Crippen LogP contribution in [0.1, 0.15) is 17.5 Å². The largest absolute Gasteiger partial charge is 0.347 e. The van der Waals surface area contributed by atoms with E-state index in [1.807, 2.05) is 31.2 Å². The number of benzene rings is 1. The van der Waals surface area contributed by atoms with E-state index >= 15 is 0 Å². The van der Waals surface area contributed by atoms with Crippen molar-refractivity contribution in [1.82, 2.24) is 10.2 Å². The molecule has 1 heterocycles. The van der Waals surface area contributed by atoms with Crippen LogP contribution in [0.25, 0.3) is 0 Å². The number of aryl methyl sites for hydroxylation is 1. The van der Waals surface area contributed by atoms with Gasteiger partial charge in [-0.15, -0.1) is 0 Å². The number of likely N-dealkylation sites (N-methyl/N-ethyl adjacent to an activating group) is 1. The Morgan fingerprint density at radius 1 is 1.35 bits per heavy atom. The van der Waals surface area contributed by atoms with Gasteiger partial charge in [0.05, 0.1) is 24.5 Å². The van der Waals surface area contributed by atoms with Crippen LogP contribution in [0.3, 0.4) is 0 Å². The van der Waals surface area contributed by atoms with E-state index in [2.05, 4.69) is 5.32 Å². The highest BCUT2D eigenvalue weighted by molar-refractivity contribution is 7.91. The molecule has 1 saturated heterocycles. The highest BCUT2D eigenvalue weighted by Crippen LogP contribution is 2.16. The van der Waals surface area contributed by atoms with Crippen LogP contribution in [-0.4, -0.2) is 56.3 Å². The molecular formula is C16H22N2O4S. The van der Waals surface area contributed by atoms with Gasteiger partial charge in [-0.3, -0.25) is 9.59 Å². The van der Waals surface area contributed by atoms with Gasteiger partial charge in [-0.05, 0) is 18.9 Å². The van der Waals surface area contributed by atoms with Crippen molar-refractivity contribution >= 4 is 21.7 Å². The third kappa shape index (κ3) is 5.06. The molecule has 0 bridgehead atoms. The molecule has 0 aliphatic carbocycles. The van der Waals surface area contributed by atoms with E-state index in [0.717, 1.165) is 11.1 Å². The fourth-order valence-corrected chi connectivity index (χ4v) is 4.43. The lowest BCUT2D eigenvalue weighted by molar-refractivity contribution is -0.133. The lowest BCUT2D eigenvalue weighted by atomic mass is 10.1. The molecule has 7 heteroatoms. The fraction of sp³-hybridized carbons (Fsp3) is 0.500. The molecule has 1 aromatic rings. The maximum atomic E-state index is 12.1. The zero-order chi connectivity index (χ0) is 17.0. The van der Waals surface area contributed by atoms with Gasteiger partial charge in [-0.2, -0.15) is 0 Å². The summed E-state index contributed by atoms with van der Waals surface area (Å²) in [5, 5.41) is 2.60. The van der Waals surface area contributed by atoms with Gasteiger partial charge in [0.15, 0.2) is 9.84 Å². The molecular weight excluding hydrogens is 316 g/mol. The lowest BCUT2D eigenvalue weighted by Crippen LogP contribution is -2.44. The standard InChI is InChI=1S/C16H22N2O4S/c1-12-4-3-5-13(8-12)9-15(19)17-10-16(20)18(2)14-6-7-23(21,22)11-14/h3-5,8,14H,6-7,9-11H2,1-2H3,(H,17,19). The maximum Gasteiger partial charge on any atom is 0.241 e. The maximum absolute atomic E-state index is 12.1. The second-order valence-corrected chi connectivity index (χ2v) is 8.23. The summed E-state index contributed by atoms with van der Waals surface area (Å²) in [7, 11) is -1.45. The van der Waals surface area contributed by atoms with Crippen molar-refractivity contribution < 1.29 is 18.0 Å². The van der Waals surface area contributed by atoms with Crippen LogP contribution >= 0.6 is 0 Å². The van der Waals surface area contributed by atoms with Crippen molar-refractivity contribution in [2.45, 2.75) is 25.8 Å². The summed E-state index contributed by atoms with van der Waals surface area (Å²) in [6.07, 6.45) is 0.679. The van der Waals surface area contributed by atoms with E-state index in [-0.39, 0.29) is 42.3 Å². The molecule has 126 valence electrons. The first-order valence-electron chi connectivity index (χ1n) is 7.55. The number of hydrogen-bond donors (Lipinski definition) is 1. The fourth-order valence-electron chi connectivity index (χ4n) is 2.65. The first-order chi connectivity index (χ1) is 10.8. The highest BCUT2D eigenvalue weighted by atomic mass is 32.2. The van der Waals surface area contributed by atoms with Crippen molar-refractivity contribution in [2.24, 2.45) is 0 Å². The number of nitrogens with zero attached hydrogens (tertiary/aromatic N) is 1. The van der Waals surface area contributed by atoms with Crippen LogP contribution in [0.15, 0.2) is 24.3 Å². The summed E-state index contributed by atoms with van der Waals surface area (Å²) < 4.78 is 22.9. The van der Waals surface area contributed by atoms with E-state index < -0.39 is 9.84 Å². The van der Waals surface area contributed by atoms with Gasteiger partial charge in [-0.25, -0.2) is 8.42 Å². The van der Waals surface area contributed by atoms with Crippen LogP contribution in [-0.2, 0) is 25.8 Å². The van der Waals surface area contributed by atoms with E-state index in [0.29, 0.717) is 6.42 Å². The number of carbonyl (C=O) groups excluding carboxylic acids is 2. The van der Waals surface area contributed by atoms with E-state index in [1.54, 1.807) is 7.05 Å². The minimum Gasteiger partial charge on any atom is -0.347 e. The Labute approximate surface area is 136 Å². The molecule has 2 rings (SSSR count). The summed E-state index contributed by atoms with van der Waals surface area (Å²) >= 11 is 0. The molecule has 1 atom stereocenters. The predicted octanol–water partition coefficient (Wildman–Crippen LogP) is 0.299. The van der Waals surface area contributed by atoms with Crippen LogP contribution in [0.5, 0.6) is 0 Å². The Hall–Kier alpha value is -1.89. The average Bonchev–Trinajstić information content (AvgIpc) is 2.84. The molecule has 1 N–H and O–H groups in total. The Bertz CT molecular complexity index is 700. The third-order valence-corrected chi connectivity index (χ3v) is 5.78. The number of nitrogens with one attached hydrogen (secondary N) is 1. The van der Waals surface area contributed by atoms with E-state index in [9.17, 15) is 18.0 Å². The first kappa shape index (κ1) is 17.5. The Balaban J connectivity index is 1.80. The van der Waals surface area contributed by atoms with E-state index in [1.165, 1.54) is 4.90 Å². The summed E-state index contributed by atoms with van der Waals surface area (Å²) in [5.41, 5.74) is 1.97. The molecule has 2 amide bonds. The Morgan fingerprint density at radius 3 is 2.70 bits per heavy atom. The van der Waals surface area contributed by atoms with Gasteiger partial charge in [0.1, 0.15) is 0 Å². The quantitative estimate of drug-likeness (QED) is 0.837. The topological polar surface area (TPSA) is 83.6 Å². The van der Waals surface area contributed by atoms with Gasteiger partial charge < -0.3 is 10.2 Å². The van der Waals surface area contributed by atoms with Crippen molar-refractivity contribution in [3.63, 3.8) is 0 Å². The van der Waals surface area contributed by atoms with Crippen LogP contribution in [0.4, 0.5) is 0 Å². The lowest BCUT2D eigenvalue weighted by Gasteiger charge is -2.23. The minimum atomic E-state index is -3.03. The molecule has 0 radical (unpaired) electrons. The van der Waals surface area contributed by atoms with Crippen molar-refractivity contribution in [1.29, 1.82) is 0 Å². The first-order valence-corrected chi connectivity index (χ1v) is 9.37. The third-order valence-electron chi connectivity index (χ3n) is 4.03. The number of rotatable bonds is 5. The van der Waals surface area contributed by atoms with Crippen LogP contribution in [0.2, 0.25) is 0 Å². The molecule has 6 nitrogen and oxygen atoms in total. The smallest absolute Gasteiger partial charge is 0.241 e. The number of hydrogen-bond acceptors (Lipinski definition) is 4. The molecule has 1 unspecified atom stereocenters. The van der Waals surface area contributed by atoms with Crippen LogP contribution < -0.4 is 5.32 Å². The number of amides is 2. The van der Waals surface area contributed by atoms with Gasteiger partial charge in [0.25, 0.3) is 0 Å². The summed E-state index contributed by atoms with van der Waals surface area (Å²) in [5.74, 6) is -0.373. The SMILES string of the molecule is Cc1cccc(CC(=O)NCC(=O)N(C)C2CCS(=O)(=O)C2)c1. The van der Waals surface area contributed by atoms with E-state index in [4.69, 9.17) is 0 Å². The normalized spacial score (nSPS) is 19.3. The van der Waals surface area contributed by atoms with Gasteiger partial charge in [0, 0.05) is 13.1 Å². The Kier molecular flexibility index (Phi) is 5.41. The van der Waals surface area contributed by atoms with Crippen molar-refractivity contribution in [3.8, 4) is 0 Å². The highest BCUT2D eigenvalue weighted by Gasteiger charge is 2.32. The molecule has 1 aliphatic heterocycles. The summed E-state index contributed by atoms with van der Waals surface area (Å²) in [6, 6.07) is 7.34. The predicted molar refractivity (Wildman–Crippen MR) is 87.7 cm³/mol. The molecule has 1 aromatic carbocycles. The Morgan fingerprint density at radius 2 is 2.09 bits per heavy atom. The molecule has 23 heavy (non-hydrogen) atoms. The zero-order valence-corrected chi connectivity index (χ0v) is 14.2. The molecule has 0 saturated carbocycles. The molecule has 0 spiro atoms. The number of carbonyl (C=O) groups is 2. The molecule has 1 fully saturated rings. The molecule has 1 aliphatic rings. The minimum absolute atomic E-state index is 0.00643. The second-order valence-electron chi connectivity index (χ2n) is 6.00. The van der Waals surface area contributed by atoms with Crippen molar-refractivity contribution in [2.75, 3.05) is 25.1 Å².